The highest BCUT2D eigenvalue weighted by Crippen LogP contribution is 2.29. The molecular formula is C16H19ClN2O. The minimum atomic E-state index is 0.244. The Hall–Kier alpha value is -1.58. The third-order valence-corrected chi connectivity index (χ3v) is 3.58. The number of benzene rings is 1. The van der Waals surface area contributed by atoms with Crippen LogP contribution in [-0.2, 0) is 0 Å². The van der Waals surface area contributed by atoms with Crippen LogP contribution >= 0.6 is 11.6 Å². The topological polar surface area (TPSA) is 34.2 Å². The number of aromatic nitrogens is 1. The summed E-state index contributed by atoms with van der Waals surface area (Å²) in [5, 5.41) is 4.14. The van der Waals surface area contributed by atoms with E-state index < -0.39 is 0 Å². The molecule has 0 saturated heterocycles. The summed E-state index contributed by atoms with van der Waals surface area (Å²) in [6.45, 7) is 5.11. The lowest BCUT2D eigenvalue weighted by molar-refractivity contribution is 0.398. The quantitative estimate of drug-likeness (QED) is 0.901. The fraction of sp³-hybridized carbons (Fsp3) is 0.312. The van der Waals surface area contributed by atoms with Crippen molar-refractivity contribution in [3.63, 3.8) is 0 Å². The van der Waals surface area contributed by atoms with Crippen molar-refractivity contribution in [2.75, 3.05) is 13.7 Å². The first kappa shape index (κ1) is 14.8. The summed E-state index contributed by atoms with van der Waals surface area (Å²) in [4.78, 5) is 4.11. The number of nitrogens with one attached hydrogen (secondary N) is 1. The summed E-state index contributed by atoms with van der Waals surface area (Å²) in [6, 6.07) is 10.2. The first-order valence-electron chi connectivity index (χ1n) is 6.69. The largest absolute Gasteiger partial charge is 0.481 e. The fourth-order valence-corrected chi connectivity index (χ4v) is 2.52. The second-order valence-corrected chi connectivity index (χ2v) is 5.01. The Morgan fingerprint density at radius 3 is 2.65 bits per heavy atom. The standard InChI is InChI=1S/C16H19ClN2O/c1-4-18-11(2)14-6-5-12(9-15(14)17)13-7-8-19-16(10-13)20-3/h5-11,18H,4H2,1-3H3. The van der Waals surface area contributed by atoms with Crippen LogP contribution in [0.15, 0.2) is 36.5 Å². The highest BCUT2D eigenvalue weighted by atomic mass is 35.5. The molecule has 1 aromatic heterocycles. The number of hydrogen-bond donors (Lipinski definition) is 1. The molecule has 0 bridgehead atoms. The molecule has 106 valence electrons. The highest BCUT2D eigenvalue weighted by molar-refractivity contribution is 6.31. The Kier molecular flexibility index (Phi) is 4.99. The van der Waals surface area contributed by atoms with E-state index in [1.807, 2.05) is 18.2 Å². The van der Waals surface area contributed by atoms with Crippen LogP contribution in [0.25, 0.3) is 11.1 Å². The molecule has 0 radical (unpaired) electrons. The Balaban J connectivity index is 2.32. The van der Waals surface area contributed by atoms with E-state index in [1.54, 1.807) is 13.3 Å². The van der Waals surface area contributed by atoms with Crippen molar-refractivity contribution in [1.29, 1.82) is 0 Å². The van der Waals surface area contributed by atoms with Gasteiger partial charge in [0.1, 0.15) is 0 Å². The summed E-state index contributed by atoms with van der Waals surface area (Å²) in [6.07, 6.45) is 1.73. The van der Waals surface area contributed by atoms with Gasteiger partial charge in [0.15, 0.2) is 0 Å². The molecule has 4 heteroatoms. The van der Waals surface area contributed by atoms with Gasteiger partial charge in [-0.05, 0) is 42.3 Å². The molecule has 0 spiro atoms. The predicted molar refractivity (Wildman–Crippen MR) is 83.3 cm³/mol. The fourth-order valence-electron chi connectivity index (χ4n) is 2.17. The lowest BCUT2D eigenvalue weighted by Crippen LogP contribution is -2.17. The van der Waals surface area contributed by atoms with Crippen molar-refractivity contribution in [3.05, 3.63) is 47.1 Å². The van der Waals surface area contributed by atoms with Gasteiger partial charge in [-0.2, -0.15) is 0 Å². The van der Waals surface area contributed by atoms with E-state index in [9.17, 15) is 0 Å². The monoisotopic (exact) mass is 290 g/mol. The van der Waals surface area contributed by atoms with Crippen LogP contribution < -0.4 is 10.1 Å². The van der Waals surface area contributed by atoms with Crippen LogP contribution in [0.1, 0.15) is 25.5 Å². The van der Waals surface area contributed by atoms with Crippen LogP contribution in [0, 0.1) is 0 Å². The van der Waals surface area contributed by atoms with Gasteiger partial charge >= 0.3 is 0 Å². The molecule has 1 aromatic carbocycles. The maximum absolute atomic E-state index is 6.40. The van der Waals surface area contributed by atoms with Crippen LogP contribution in [-0.4, -0.2) is 18.6 Å². The number of hydrogen-bond acceptors (Lipinski definition) is 3. The zero-order valence-corrected chi connectivity index (χ0v) is 12.7. The molecule has 1 N–H and O–H groups in total. The second kappa shape index (κ2) is 6.73. The normalized spacial score (nSPS) is 12.2. The Bertz CT molecular complexity index is 586. The van der Waals surface area contributed by atoms with Crippen LogP contribution in [0.3, 0.4) is 0 Å². The number of nitrogens with zero attached hydrogens (tertiary/aromatic N) is 1. The highest BCUT2D eigenvalue weighted by Gasteiger charge is 2.10. The lowest BCUT2D eigenvalue weighted by Gasteiger charge is -2.15. The van der Waals surface area contributed by atoms with Crippen LogP contribution in [0.2, 0.25) is 5.02 Å². The summed E-state index contributed by atoms with van der Waals surface area (Å²) in [5.74, 6) is 0.601. The van der Waals surface area contributed by atoms with E-state index in [-0.39, 0.29) is 6.04 Å². The molecule has 0 fully saturated rings. The predicted octanol–water partition coefficient (Wildman–Crippen LogP) is 4.08. The molecule has 2 aromatic rings. The first-order chi connectivity index (χ1) is 9.65. The molecule has 1 unspecified atom stereocenters. The molecule has 20 heavy (non-hydrogen) atoms. The summed E-state index contributed by atoms with van der Waals surface area (Å²) in [5.41, 5.74) is 3.21. The molecule has 0 aliphatic heterocycles. The van der Waals surface area contributed by atoms with Gasteiger partial charge in [-0.3, -0.25) is 0 Å². The van der Waals surface area contributed by atoms with E-state index >= 15 is 0 Å². The smallest absolute Gasteiger partial charge is 0.213 e. The van der Waals surface area contributed by atoms with Crippen molar-refractivity contribution >= 4 is 11.6 Å². The van der Waals surface area contributed by atoms with Gasteiger partial charge in [-0.1, -0.05) is 30.7 Å². The third-order valence-electron chi connectivity index (χ3n) is 3.25. The average molecular weight is 291 g/mol. The van der Waals surface area contributed by atoms with Crippen molar-refractivity contribution < 1.29 is 4.74 Å². The zero-order valence-electron chi connectivity index (χ0n) is 12.0. The minimum absolute atomic E-state index is 0.244. The van der Waals surface area contributed by atoms with Crippen molar-refractivity contribution in [2.24, 2.45) is 0 Å². The Morgan fingerprint density at radius 2 is 2.00 bits per heavy atom. The van der Waals surface area contributed by atoms with E-state index in [1.165, 1.54) is 0 Å². The van der Waals surface area contributed by atoms with E-state index in [0.717, 1.165) is 28.3 Å². The number of halogens is 1. The van der Waals surface area contributed by atoms with Gasteiger partial charge < -0.3 is 10.1 Å². The SMILES string of the molecule is CCNC(C)c1ccc(-c2ccnc(OC)c2)cc1Cl. The minimum Gasteiger partial charge on any atom is -0.481 e. The molecule has 0 aliphatic carbocycles. The molecule has 0 aliphatic rings. The number of ether oxygens (including phenoxy) is 1. The van der Waals surface area contributed by atoms with Crippen LogP contribution in [0.5, 0.6) is 5.88 Å². The molecule has 0 saturated carbocycles. The third kappa shape index (κ3) is 3.30. The molecule has 3 nitrogen and oxygen atoms in total. The van der Waals surface area contributed by atoms with Crippen LogP contribution in [0.4, 0.5) is 0 Å². The number of methoxy groups -OCH3 is 1. The van der Waals surface area contributed by atoms with Gasteiger partial charge in [0, 0.05) is 23.3 Å². The Labute approximate surface area is 124 Å². The van der Waals surface area contributed by atoms with Gasteiger partial charge in [-0.15, -0.1) is 0 Å². The molecular weight excluding hydrogens is 272 g/mol. The maximum atomic E-state index is 6.40. The molecule has 1 atom stereocenters. The van der Waals surface area contributed by atoms with E-state index in [0.29, 0.717) is 5.88 Å². The number of rotatable bonds is 5. The first-order valence-corrected chi connectivity index (χ1v) is 7.06. The van der Waals surface area contributed by atoms with Crippen molar-refractivity contribution in [3.8, 4) is 17.0 Å². The van der Waals surface area contributed by atoms with Crippen molar-refractivity contribution in [2.45, 2.75) is 19.9 Å². The number of pyridine rings is 1. The van der Waals surface area contributed by atoms with Crippen molar-refractivity contribution in [1.82, 2.24) is 10.3 Å². The summed E-state index contributed by atoms with van der Waals surface area (Å²) < 4.78 is 5.15. The lowest BCUT2D eigenvalue weighted by atomic mass is 10.0. The van der Waals surface area contributed by atoms with Gasteiger partial charge in [0.25, 0.3) is 0 Å². The molecule has 1 heterocycles. The van der Waals surface area contributed by atoms with Gasteiger partial charge in [0.2, 0.25) is 5.88 Å². The summed E-state index contributed by atoms with van der Waals surface area (Å²) in [7, 11) is 1.61. The second-order valence-electron chi connectivity index (χ2n) is 4.60. The maximum Gasteiger partial charge on any atom is 0.213 e. The summed E-state index contributed by atoms with van der Waals surface area (Å²) >= 11 is 6.40. The van der Waals surface area contributed by atoms with Gasteiger partial charge in [0.05, 0.1) is 7.11 Å². The van der Waals surface area contributed by atoms with E-state index in [4.69, 9.17) is 16.3 Å². The average Bonchev–Trinajstić information content (AvgIpc) is 2.47. The molecule has 2 rings (SSSR count). The van der Waals surface area contributed by atoms with E-state index in [2.05, 4.69) is 36.3 Å². The molecule has 0 amide bonds. The zero-order chi connectivity index (χ0) is 14.5. The van der Waals surface area contributed by atoms with Gasteiger partial charge in [-0.25, -0.2) is 4.98 Å². The Morgan fingerprint density at radius 1 is 1.25 bits per heavy atom.